The molecule has 104 valence electrons. The summed E-state index contributed by atoms with van der Waals surface area (Å²) in [6.45, 7) is 5.47. The average molecular weight is 264 g/mol. The van der Waals surface area contributed by atoms with Crippen LogP contribution in [0.15, 0.2) is 12.3 Å². The zero-order chi connectivity index (χ0) is 14.0. The highest BCUT2D eigenvalue weighted by Gasteiger charge is 2.27. The van der Waals surface area contributed by atoms with Gasteiger partial charge in [-0.2, -0.15) is 0 Å². The SMILES string of the molecule is Cc1cc(N2CCC(C)CC2CN)ncc1[N+](=O)[O-]. The van der Waals surface area contributed by atoms with Crippen molar-refractivity contribution in [1.82, 2.24) is 4.98 Å². The third kappa shape index (κ3) is 2.84. The van der Waals surface area contributed by atoms with Crippen molar-refractivity contribution in [1.29, 1.82) is 0 Å². The molecule has 19 heavy (non-hydrogen) atoms. The van der Waals surface area contributed by atoms with Gasteiger partial charge in [0.25, 0.3) is 5.69 Å². The van der Waals surface area contributed by atoms with E-state index in [1.165, 1.54) is 6.20 Å². The van der Waals surface area contributed by atoms with Crippen LogP contribution in [0.4, 0.5) is 11.5 Å². The number of hydrogen-bond acceptors (Lipinski definition) is 5. The highest BCUT2D eigenvalue weighted by Crippen LogP contribution is 2.28. The number of aromatic nitrogens is 1. The molecule has 2 unspecified atom stereocenters. The first kappa shape index (κ1) is 13.7. The molecule has 1 fully saturated rings. The van der Waals surface area contributed by atoms with Gasteiger partial charge in [-0.15, -0.1) is 0 Å². The molecule has 2 N–H and O–H groups in total. The molecule has 1 aliphatic heterocycles. The second kappa shape index (κ2) is 5.52. The molecule has 6 nitrogen and oxygen atoms in total. The van der Waals surface area contributed by atoms with Gasteiger partial charge in [0, 0.05) is 24.7 Å². The van der Waals surface area contributed by atoms with Crippen molar-refractivity contribution in [3.05, 3.63) is 27.9 Å². The molecular formula is C13H20N4O2. The zero-order valence-corrected chi connectivity index (χ0v) is 11.4. The normalized spacial score (nSPS) is 23.4. The van der Waals surface area contributed by atoms with E-state index in [9.17, 15) is 10.1 Å². The van der Waals surface area contributed by atoms with Crippen molar-refractivity contribution in [2.45, 2.75) is 32.7 Å². The number of rotatable bonds is 3. The summed E-state index contributed by atoms with van der Waals surface area (Å²) in [5.74, 6) is 1.47. The van der Waals surface area contributed by atoms with Gasteiger partial charge in [0.2, 0.25) is 0 Å². The molecule has 0 aromatic carbocycles. The highest BCUT2D eigenvalue weighted by atomic mass is 16.6. The molecule has 1 aromatic heterocycles. The summed E-state index contributed by atoms with van der Waals surface area (Å²) in [6, 6.07) is 2.06. The van der Waals surface area contributed by atoms with Gasteiger partial charge >= 0.3 is 0 Å². The minimum absolute atomic E-state index is 0.0680. The Kier molecular flexibility index (Phi) is 3.99. The Labute approximate surface area is 112 Å². The summed E-state index contributed by atoms with van der Waals surface area (Å²) in [7, 11) is 0. The first-order valence-electron chi connectivity index (χ1n) is 6.60. The number of piperidine rings is 1. The number of hydrogen-bond donors (Lipinski definition) is 1. The fourth-order valence-corrected chi connectivity index (χ4v) is 2.66. The van der Waals surface area contributed by atoms with Crippen LogP contribution in [0.2, 0.25) is 0 Å². The molecule has 0 amide bonds. The third-order valence-electron chi connectivity index (χ3n) is 3.81. The fraction of sp³-hybridized carbons (Fsp3) is 0.615. The van der Waals surface area contributed by atoms with Crippen LogP contribution < -0.4 is 10.6 Å². The Balaban J connectivity index is 2.26. The van der Waals surface area contributed by atoms with Crippen LogP contribution in [0, 0.1) is 23.0 Å². The molecule has 0 radical (unpaired) electrons. The second-order valence-corrected chi connectivity index (χ2v) is 5.30. The van der Waals surface area contributed by atoms with Gasteiger partial charge in [-0.05, 0) is 31.7 Å². The number of nitrogens with zero attached hydrogens (tertiary/aromatic N) is 3. The van der Waals surface area contributed by atoms with Crippen LogP contribution in [-0.4, -0.2) is 29.0 Å². The maximum absolute atomic E-state index is 10.8. The topological polar surface area (TPSA) is 85.3 Å². The van der Waals surface area contributed by atoms with Crippen molar-refractivity contribution in [2.24, 2.45) is 11.7 Å². The Morgan fingerprint density at radius 3 is 2.95 bits per heavy atom. The van der Waals surface area contributed by atoms with Crippen LogP contribution in [-0.2, 0) is 0 Å². The van der Waals surface area contributed by atoms with Crippen molar-refractivity contribution in [2.75, 3.05) is 18.0 Å². The molecule has 0 saturated carbocycles. The van der Waals surface area contributed by atoms with Crippen LogP contribution in [0.1, 0.15) is 25.3 Å². The van der Waals surface area contributed by atoms with Crippen LogP contribution in [0.5, 0.6) is 0 Å². The van der Waals surface area contributed by atoms with E-state index in [0.29, 0.717) is 18.0 Å². The minimum atomic E-state index is -0.398. The molecule has 1 aromatic rings. The van der Waals surface area contributed by atoms with Crippen molar-refractivity contribution in [3.8, 4) is 0 Å². The predicted molar refractivity (Wildman–Crippen MR) is 74.2 cm³/mol. The number of nitro groups is 1. The summed E-state index contributed by atoms with van der Waals surface area (Å²) >= 11 is 0. The van der Waals surface area contributed by atoms with Crippen LogP contribution in [0.25, 0.3) is 0 Å². The van der Waals surface area contributed by atoms with Gasteiger partial charge in [-0.1, -0.05) is 6.92 Å². The summed E-state index contributed by atoms with van der Waals surface area (Å²) in [4.78, 5) is 16.8. The maximum atomic E-state index is 10.8. The Morgan fingerprint density at radius 1 is 1.63 bits per heavy atom. The molecule has 1 aliphatic rings. The van der Waals surface area contributed by atoms with E-state index in [0.717, 1.165) is 25.2 Å². The Bertz CT molecular complexity index is 478. The van der Waals surface area contributed by atoms with E-state index in [1.807, 2.05) is 0 Å². The first-order chi connectivity index (χ1) is 9.02. The lowest BCUT2D eigenvalue weighted by molar-refractivity contribution is -0.385. The monoisotopic (exact) mass is 264 g/mol. The van der Waals surface area contributed by atoms with Gasteiger partial charge in [-0.3, -0.25) is 10.1 Å². The summed E-state index contributed by atoms with van der Waals surface area (Å²) < 4.78 is 0. The second-order valence-electron chi connectivity index (χ2n) is 5.30. The Hall–Kier alpha value is -1.69. The van der Waals surface area contributed by atoms with Crippen molar-refractivity contribution < 1.29 is 4.92 Å². The lowest BCUT2D eigenvalue weighted by Crippen LogP contribution is -2.46. The molecule has 0 bridgehead atoms. The maximum Gasteiger partial charge on any atom is 0.290 e. The van der Waals surface area contributed by atoms with E-state index in [2.05, 4.69) is 16.8 Å². The standard InChI is InChI=1S/C13H20N4O2/c1-9-3-4-16(11(5-9)7-14)13-6-10(2)12(8-15-13)17(18)19/h6,8-9,11H,3-5,7,14H2,1-2H3. The lowest BCUT2D eigenvalue weighted by Gasteiger charge is -2.38. The van der Waals surface area contributed by atoms with Crippen molar-refractivity contribution in [3.63, 3.8) is 0 Å². The van der Waals surface area contributed by atoms with Gasteiger partial charge in [-0.25, -0.2) is 4.98 Å². The average Bonchev–Trinajstić information content (AvgIpc) is 2.37. The predicted octanol–water partition coefficient (Wildman–Crippen LogP) is 1.86. The number of anilines is 1. The van der Waals surface area contributed by atoms with E-state index in [1.54, 1.807) is 13.0 Å². The van der Waals surface area contributed by atoms with Gasteiger partial charge < -0.3 is 10.6 Å². The molecule has 2 atom stereocenters. The van der Waals surface area contributed by atoms with E-state index in [4.69, 9.17) is 5.73 Å². The zero-order valence-electron chi connectivity index (χ0n) is 11.4. The molecular weight excluding hydrogens is 244 g/mol. The lowest BCUT2D eigenvalue weighted by atomic mass is 9.92. The fourth-order valence-electron chi connectivity index (χ4n) is 2.66. The largest absolute Gasteiger partial charge is 0.352 e. The summed E-state index contributed by atoms with van der Waals surface area (Å²) in [6.07, 6.45) is 3.50. The van der Waals surface area contributed by atoms with Gasteiger partial charge in [0.15, 0.2) is 0 Å². The first-order valence-corrected chi connectivity index (χ1v) is 6.60. The summed E-state index contributed by atoms with van der Waals surface area (Å²) in [5, 5.41) is 10.8. The summed E-state index contributed by atoms with van der Waals surface area (Å²) in [5.41, 5.74) is 6.54. The Morgan fingerprint density at radius 2 is 2.37 bits per heavy atom. The molecule has 1 saturated heterocycles. The molecule has 2 rings (SSSR count). The number of aryl methyl sites for hydroxylation is 1. The van der Waals surface area contributed by atoms with Gasteiger partial charge in [0.05, 0.1) is 4.92 Å². The number of pyridine rings is 1. The number of nitrogens with two attached hydrogens (primary N) is 1. The van der Waals surface area contributed by atoms with Crippen molar-refractivity contribution >= 4 is 11.5 Å². The molecule has 0 spiro atoms. The quantitative estimate of drug-likeness (QED) is 0.665. The smallest absolute Gasteiger partial charge is 0.290 e. The molecule has 2 heterocycles. The molecule has 6 heteroatoms. The van der Waals surface area contributed by atoms with E-state index < -0.39 is 4.92 Å². The van der Waals surface area contributed by atoms with E-state index >= 15 is 0 Å². The van der Waals surface area contributed by atoms with E-state index in [-0.39, 0.29) is 11.7 Å². The van der Waals surface area contributed by atoms with Crippen LogP contribution in [0.3, 0.4) is 0 Å². The van der Waals surface area contributed by atoms with Crippen LogP contribution >= 0.6 is 0 Å². The minimum Gasteiger partial charge on any atom is -0.352 e. The third-order valence-corrected chi connectivity index (χ3v) is 3.81. The van der Waals surface area contributed by atoms with Gasteiger partial charge in [0.1, 0.15) is 12.0 Å². The highest BCUT2D eigenvalue weighted by molar-refractivity contribution is 5.49. The molecule has 0 aliphatic carbocycles.